The second-order valence-electron chi connectivity index (χ2n) is 2.78. The predicted molar refractivity (Wildman–Crippen MR) is 57.9 cm³/mol. The summed E-state index contributed by atoms with van der Waals surface area (Å²) >= 11 is 1.73. The van der Waals surface area contributed by atoms with Crippen LogP contribution in [0.3, 0.4) is 0 Å². The first-order chi connectivity index (χ1) is 6.31. The van der Waals surface area contributed by atoms with Crippen molar-refractivity contribution in [2.24, 2.45) is 0 Å². The summed E-state index contributed by atoms with van der Waals surface area (Å²) in [4.78, 5) is 5.28. The number of rotatable bonds is 1. The van der Waals surface area contributed by atoms with Crippen LogP contribution in [-0.4, -0.2) is 11.2 Å². The molecule has 1 aromatic heterocycles. The van der Waals surface area contributed by atoms with Crippen molar-refractivity contribution in [2.45, 2.75) is 4.90 Å². The number of nitrogens with two attached hydrogens (primary N) is 1. The summed E-state index contributed by atoms with van der Waals surface area (Å²) < 4.78 is 0. The summed E-state index contributed by atoms with van der Waals surface area (Å²) in [6.07, 6.45) is 3.80. The molecule has 66 valence electrons. The number of aromatic nitrogens is 1. The van der Waals surface area contributed by atoms with Gasteiger partial charge in [-0.25, -0.2) is 4.98 Å². The maximum Gasteiger partial charge on any atom is 0.131 e. The van der Waals surface area contributed by atoms with Crippen molar-refractivity contribution in [1.29, 1.82) is 0 Å². The van der Waals surface area contributed by atoms with Crippen LogP contribution in [0.15, 0.2) is 35.4 Å². The molecule has 0 atom stereocenters. The summed E-state index contributed by atoms with van der Waals surface area (Å²) in [5, 5.41) is 2.18. The largest absolute Gasteiger partial charge is 0.383 e. The van der Waals surface area contributed by atoms with Gasteiger partial charge in [-0.05, 0) is 35.9 Å². The molecule has 0 amide bonds. The van der Waals surface area contributed by atoms with Gasteiger partial charge in [-0.3, -0.25) is 0 Å². The van der Waals surface area contributed by atoms with Gasteiger partial charge in [0.15, 0.2) is 0 Å². The van der Waals surface area contributed by atoms with E-state index in [4.69, 9.17) is 5.73 Å². The molecule has 13 heavy (non-hydrogen) atoms. The van der Waals surface area contributed by atoms with Crippen molar-refractivity contribution in [3.8, 4) is 0 Å². The maximum absolute atomic E-state index is 5.73. The fourth-order valence-corrected chi connectivity index (χ4v) is 1.76. The topological polar surface area (TPSA) is 38.9 Å². The molecule has 2 rings (SSSR count). The van der Waals surface area contributed by atoms with Crippen LogP contribution in [0.1, 0.15) is 0 Å². The number of hydrogen-bond acceptors (Lipinski definition) is 3. The van der Waals surface area contributed by atoms with E-state index in [-0.39, 0.29) is 0 Å². The molecule has 0 spiro atoms. The quantitative estimate of drug-likeness (QED) is 0.702. The second-order valence-corrected chi connectivity index (χ2v) is 3.66. The highest BCUT2D eigenvalue weighted by Crippen LogP contribution is 2.23. The Balaban J connectivity index is 2.72. The van der Waals surface area contributed by atoms with Gasteiger partial charge in [-0.1, -0.05) is 0 Å². The summed E-state index contributed by atoms with van der Waals surface area (Å²) in [6, 6.07) is 8.18. The first kappa shape index (κ1) is 8.38. The van der Waals surface area contributed by atoms with Crippen LogP contribution in [0.2, 0.25) is 0 Å². The van der Waals surface area contributed by atoms with Gasteiger partial charge < -0.3 is 5.73 Å². The number of nitrogens with zero attached hydrogens (tertiary/aromatic N) is 1. The molecule has 2 nitrogen and oxygen atoms in total. The lowest BCUT2D eigenvalue weighted by Gasteiger charge is -2.02. The zero-order chi connectivity index (χ0) is 9.26. The van der Waals surface area contributed by atoms with Gasteiger partial charge in [-0.15, -0.1) is 11.8 Å². The normalized spacial score (nSPS) is 10.5. The number of hydrogen-bond donors (Lipinski definition) is 1. The summed E-state index contributed by atoms with van der Waals surface area (Å²) in [7, 11) is 0. The molecule has 1 aromatic carbocycles. The van der Waals surface area contributed by atoms with Gasteiger partial charge in [0.1, 0.15) is 5.82 Å². The molecule has 0 aliphatic rings. The predicted octanol–water partition coefficient (Wildman–Crippen LogP) is 2.54. The van der Waals surface area contributed by atoms with Crippen LogP contribution in [0, 0.1) is 0 Å². The number of pyridine rings is 1. The molecule has 0 fully saturated rings. The molecule has 0 saturated heterocycles. The van der Waals surface area contributed by atoms with Crippen LogP contribution in [0.25, 0.3) is 10.8 Å². The SMILES string of the molecule is CSc1ccc2c(N)nccc2c1. The van der Waals surface area contributed by atoms with Gasteiger partial charge in [0, 0.05) is 16.5 Å². The van der Waals surface area contributed by atoms with Gasteiger partial charge in [-0.2, -0.15) is 0 Å². The van der Waals surface area contributed by atoms with Crippen molar-refractivity contribution >= 4 is 28.4 Å². The Labute approximate surface area is 81.2 Å². The van der Waals surface area contributed by atoms with E-state index in [2.05, 4.69) is 23.4 Å². The Bertz CT molecular complexity index is 440. The van der Waals surface area contributed by atoms with Gasteiger partial charge >= 0.3 is 0 Å². The molecule has 0 radical (unpaired) electrons. The first-order valence-corrected chi connectivity index (χ1v) is 5.22. The summed E-state index contributed by atoms with van der Waals surface area (Å²) in [5.41, 5.74) is 5.73. The highest BCUT2D eigenvalue weighted by molar-refractivity contribution is 7.98. The van der Waals surface area contributed by atoms with Crippen molar-refractivity contribution in [1.82, 2.24) is 4.98 Å². The molecule has 1 heterocycles. The minimum absolute atomic E-state index is 0.602. The third-order valence-electron chi connectivity index (χ3n) is 2.00. The molecule has 2 N–H and O–H groups in total. The van der Waals surface area contributed by atoms with E-state index in [0.29, 0.717) is 5.82 Å². The van der Waals surface area contributed by atoms with E-state index >= 15 is 0 Å². The maximum atomic E-state index is 5.73. The third kappa shape index (κ3) is 1.47. The summed E-state index contributed by atoms with van der Waals surface area (Å²) in [5.74, 6) is 0.602. The van der Waals surface area contributed by atoms with Crippen molar-refractivity contribution in [3.63, 3.8) is 0 Å². The molecular weight excluding hydrogens is 180 g/mol. The van der Waals surface area contributed by atoms with E-state index in [1.165, 1.54) is 4.90 Å². The van der Waals surface area contributed by atoms with Crippen molar-refractivity contribution in [2.75, 3.05) is 12.0 Å². The molecule has 0 aliphatic carbocycles. The van der Waals surface area contributed by atoms with Gasteiger partial charge in [0.2, 0.25) is 0 Å². The Morgan fingerprint density at radius 1 is 1.31 bits per heavy atom. The van der Waals surface area contributed by atoms with Crippen LogP contribution < -0.4 is 5.73 Å². The zero-order valence-electron chi connectivity index (χ0n) is 7.32. The number of nitrogen functional groups attached to an aromatic ring is 1. The number of thioether (sulfide) groups is 1. The second kappa shape index (κ2) is 3.26. The zero-order valence-corrected chi connectivity index (χ0v) is 8.14. The Morgan fingerprint density at radius 3 is 2.92 bits per heavy atom. The molecule has 0 unspecified atom stereocenters. The smallest absolute Gasteiger partial charge is 0.131 e. The fourth-order valence-electron chi connectivity index (χ4n) is 1.31. The van der Waals surface area contributed by atoms with E-state index in [1.807, 2.05) is 12.1 Å². The van der Waals surface area contributed by atoms with Crippen LogP contribution in [0.5, 0.6) is 0 Å². The lowest BCUT2D eigenvalue weighted by molar-refractivity contribution is 1.36. The lowest BCUT2D eigenvalue weighted by atomic mass is 10.2. The highest BCUT2D eigenvalue weighted by atomic mass is 32.2. The minimum atomic E-state index is 0.602. The average molecular weight is 190 g/mol. The van der Waals surface area contributed by atoms with Crippen LogP contribution >= 0.6 is 11.8 Å². The Hall–Kier alpha value is -1.22. The first-order valence-electron chi connectivity index (χ1n) is 3.99. The van der Waals surface area contributed by atoms with E-state index in [9.17, 15) is 0 Å². The fraction of sp³-hybridized carbons (Fsp3) is 0.100. The van der Waals surface area contributed by atoms with Crippen LogP contribution in [0.4, 0.5) is 5.82 Å². The molecule has 0 bridgehead atoms. The summed E-state index contributed by atoms with van der Waals surface area (Å²) in [6.45, 7) is 0. The van der Waals surface area contributed by atoms with Gasteiger partial charge in [0.05, 0.1) is 0 Å². The van der Waals surface area contributed by atoms with E-state index in [0.717, 1.165) is 10.8 Å². The highest BCUT2D eigenvalue weighted by Gasteiger charge is 1.98. The van der Waals surface area contributed by atoms with Gasteiger partial charge in [0.25, 0.3) is 0 Å². The molecular formula is C10H10N2S. The van der Waals surface area contributed by atoms with Crippen LogP contribution in [-0.2, 0) is 0 Å². The number of anilines is 1. The minimum Gasteiger partial charge on any atom is -0.383 e. The van der Waals surface area contributed by atoms with E-state index < -0.39 is 0 Å². The average Bonchev–Trinajstić information content (AvgIpc) is 2.18. The number of fused-ring (bicyclic) bond motifs is 1. The Morgan fingerprint density at radius 2 is 2.15 bits per heavy atom. The Kier molecular flexibility index (Phi) is 2.10. The lowest BCUT2D eigenvalue weighted by Crippen LogP contribution is -1.90. The molecule has 0 aliphatic heterocycles. The molecule has 0 saturated carbocycles. The van der Waals surface area contributed by atoms with E-state index in [1.54, 1.807) is 18.0 Å². The van der Waals surface area contributed by atoms with Crippen molar-refractivity contribution < 1.29 is 0 Å². The van der Waals surface area contributed by atoms with Crippen molar-refractivity contribution in [3.05, 3.63) is 30.5 Å². The molecule has 3 heteroatoms. The number of benzene rings is 1. The monoisotopic (exact) mass is 190 g/mol. The third-order valence-corrected chi connectivity index (χ3v) is 2.73. The standard InChI is InChI=1S/C10H10N2S/c1-13-8-2-3-9-7(6-8)4-5-12-10(9)11/h2-6H,1H3,(H2,11,12). The molecule has 2 aromatic rings.